The molecule has 1 aromatic heterocycles. The fourth-order valence-electron chi connectivity index (χ4n) is 4.10. The van der Waals surface area contributed by atoms with Gasteiger partial charge in [-0.15, -0.1) is 0 Å². The summed E-state index contributed by atoms with van der Waals surface area (Å²) in [6.45, 7) is 1.34. The van der Waals surface area contributed by atoms with E-state index in [4.69, 9.17) is 10.7 Å². The Morgan fingerprint density at radius 3 is 2.41 bits per heavy atom. The van der Waals surface area contributed by atoms with Crippen LogP contribution in [0.15, 0.2) is 60.8 Å². The van der Waals surface area contributed by atoms with Crippen LogP contribution in [0.4, 0.5) is 5.95 Å². The molecule has 0 aliphatic carbocycles. The fourth-order valence-corrected chi connectivity index (χ4v) is 4.10. The third-order valence-corrected chi connectivity index (χ3v) is 5.80. The molecule has 4 rings (SSSR count). The second kappa shape index (κ2) is 9.18. The molecule has 0 radical (unpaired) electrons. The summed E-state index contributed by atoms with van der Waals surface area (Å²) in [5, 5.41) is 0. The SMILES string of the molecule is CN(C)c1ncc(-c2ccc(C(N)=O)cc2)c([C@H]2CCCN(C(=O)c3ccccc3)C2)n1. The van der Waals surface area contributed by atoms with Gasteiger partial charge in [0.05, 0.1) is 5.69 Å². The summed E-state index contributed by atoms with van der Waals surface area (Å²) >= 11 is 0. The van der Waals surface area contributed by atoms with Crippen molar-refractivity contribution in [1.29, 1.82) is 0 Å². The predicted octanol–water partition coefficient (Wildman–Crippen LogP) is 3.33. The van der Waals surface area contributed by atoms with Crippen LogP contribution in [0.5, 0.6) is 0 Å². The van der Waals surface area contributed by atoms with Crippen LogP contribution in [0.2, 0.25) is 0 Å². The van der Waals surface area contributed by atoms with E-state index in [1.165, 1.54) is 0 Å². The van der Waals surface area contributed by atoms with Crippen molar-refractivity contribution >= 4 is 17.8 Å². The molecule has 2 amide bonds. The Bertz CT molecular complexity index is 1110. The number of nitrogens with zero attached hydrogens (tertiary/aromatic N) is 4. The molecule has 164 valence electrons. The van der Waals surface area contributed by atoms with Crippen LogP contribution in [0, 0.1) is 0 Å². The van der Waals surface area contributed by atoms with E-state index in [9.17, 15) is 9.59 Å². The van der Waals surface area contributed by atoms with E-state index < -0.39 is 5.91 Å². The fraction of sp³-hybridized carbons (Fsp3) is 0.280. The minimum absolute atomic E-state index is 0.0459. The van der Waals surface area contributed by atoms with Gasteiger partial charge in [0.2, 0.25) is 11.9 Å². The van der Waals surface area contributed by atoms with Crippen LogP contribution in [0.25, 0.3) is 11.1 Å². The number of anilines is 1. The van der Waals surface area contributed by atoms with Gasteiger partial charge in [0.15, 0.2) is 0 Å². The van der Waals surface area contributed by atoms with Gasteiger partial charge >= 0.3 is 0 Å². The van der Waals surface area contributed by atoms with Gasteiger partial charge in [0.25, 0.3) is 5.91 Å². The quantitative estimate of drug-likeness (QED) is 0.672. The van der Waals surface area contributed by atoms with E-state index in [2.05, 4.69) is 4.98 Å². The Morgan fingerprint density at radius 1 is 1.03 bits per heavy atom. The summed E-state index contributed by atoms with van der Waals surface area (Å²) in [6, 6.07) is 16.6. The minimum Gasteiger partial charge on any atom is -0.366 e. The van der Waals surface area contributed by atoms with Gasteiger partial charge in [0, 0.05) is 56.0 Å². The molecular formula is C25H27N5O2. The van der Waals surface area contributed by atoms with E-state index in [1.54, 1.807) is 12.1 Å². The number of piperidine rings is 1. The number of amides is 2. The van der Waals surface area contributed by atoms with Crippen molar-refractivity contribution in [2.24, 2.45) is 5.73 Å². The van der Waals surface area contributed by atoms with Crippen LogP contribution in [0.3, 0.4) is 0 Å². The van der Waals surface area contributed by atoms with E-state index in [0.29, 0.717) is 23.6 Å². The second-order valence-electron chi connectivity index (χ2n) is 8.26. The molecule has 1 saturated heterocycles. The van der Waals surface area contributed by atoms with E-state index in [0.717, 1.165) is 36.2 Å². The summed E-state index contributed by atoms with van der Waals surface area (Å²) in [6.07, 6.45) is 3.67. The Kier molecular flexibility index (Phi) is 6.16. The predicted molar refractivity (Wildman–Crippen MR) is 125 cm³/mol. The van der Waals surface area contributed by atoms with Gasteiger partial charge in [-0.05, 0) is 42.7 Å². The first-order chi connectivity index (χ1) is 15.4. The van der Waals surface area contributed by atoms with Crippen molar-refractivity contribution in [3.05, 3.63) is 77.6 Å². The zero-order chi connectivity index (χ0) is 22.7. The Balaban J connectivity index is 1.68. The lowest BCUT2D eigenvalue weighted by Crippen LogP contribution is -2.39. The van der Waals surface area contributed by atoms with E-state index in [1.807, 2.05) is 72.6 Å². The van der Waals surface area contributed by atoms with Crippen LogP contribution < -0.4 is 10.6 Å². The normalized spacial score (nSPS) is 15.9. The second-order valence-corrected chi connectivity index (χ2v) is 8.26. The first-order valence-corrected chi connectivity index (χ1v) is 10.7. The molecule has 7 heteroatoms. The lowest BCUT2D eigenvalue weighted by molar-refractivity contribution is 0.0706. The average Bonchev–Trinajstić information content (AvgIpc) is 2.84. The Hall–Kier alpha value is -3.74. The highest BCUT2D eigenvalue weighted by Crippen LogP contribution is 2.34. The first-order valence-electron chi connectivity index (χ1n) is 10.7. The number of hydrogen-bond donors (Lipinski definition) is 1. The molecule has 3 aromatic rings. The molecule has 0 unspecified atom stereocenters. The van der Waals surface area contributed by atoms with Crippen LogP contribution in [0.1, 0.15) is 45.2 Å². The first kappa shape index (κ1) is 21.5. The van der Waals surface area contributed by atoms with Crippen molar-refractivity contribution < 1.29 is 9.59 Å². The molecular weight excluding hydrogens is 402 g/mol. The molecule has 2 N–H and O–H groups in total. The molecule has 1 atom stereocenters. The van der Waals surface area contributed by atoms with Crippen molar-refractivity contribution in [1.82, 2.24) is 14.9 Å². The number of primary amides is 1. The largest absolute Gasteiger partial charge is 0.366 e. The molecule has 1 fully saturated rings. The lowest BCUT2D eigenvalue weighted by Gasteiger charge is -2.33. The van der Waals surface area contributed by atoms with Crippen molar-refractivity contribution in [2.75, 3.05) is 32.1 Å². The number of nitrogens with two attached hydrogens (primary N) is 1. The zero-order valence-electron chi connectivity index (χ0n) is 18.4. The zero-order valence-corrected chi connectivity index (χ0v) is 18.4. The Labute approximate surface area is 187 Å². The van der Waals surface area contributed by atoms with Crippen LogP contribution in [-0.4, -0.2) is 53.9 Å². The maximum absolute atomic E-state index is 13.0. The maximum atomic E-state index is 13.0. The lowest BCUT2D eigenvalue weighted by atomic mass is 9.89. The number of aromatic nitrogens is 2. The van der Waals surface area contributed by atoms with Crippen LogP contribution in [-0.2, 0) is 0 Å². The number of hydrogen-bond acceptors (Lipinski definition) is 5. The van der Waals surface area contributed by atoms with Crippen molar-refractivity contribution in [2.45, 2.75) is 18.8 Å². The van der Waals surface area contributed by atoms with Gasteiger partial charge < -0.3 is 15.5 Å². The highest BCUT2D eigenvalue weighted by molar-refractivity contribution is 5.94. The monoisotopic (exact) mass is 429 g/mol. The Morgan fingerprint density at radius 2 is 1.75 bits per heavy atom. The van der Waals surface area contributed by atoms with Gasteiger partial charge in [-0.3, -0.25) is 9.59 Å². The average molecular weight is 430 g/mol. The smallest absolute Gasteiger partial charge is 0.253 e. The molecule has 32 heavy (non-hydrogen) atoms. The molecule has 2 heterocycles. The summed E-state index contributed by atoms with van der Waals surface area (Å²) in [5.41, 5.74) is 9.29. The number of likely N-dealkylation sites (tertiary alicyclic amines) is 1. The third-order valence-electron chi connectivity index (χ3n) is 5.80. The minimum atomic E-state index is -0.460. The summed E-state index contributed by atoms with van der Waals surface area (Å²) < 4.78 is 0. The molecule has 2 aromatic carbocycles. The van der Waals surface area contributed by atoms with Gasteiger partial charge in [-0.2, -0.15) is 0 Å². The third kappa shape index (κ3) is 4.46. The summed E-state index contributed by atoms with van der Waals surface area (Å²) in [5.74, 6) is 0.302. The highest BCUT2D eigenvalue weighted by Gasteiger charge is 2.29. The topological polar surface area (TPSA) is 92.4 Å². The number of carbonyl (C=O) groups is 2. The number of benzene rings is 2. The van der Waals surface area contributed by atoms with Crippen molar-refractivity contribution in [3.8, 4) is 11.1 Å². The van der Waals surface area contributed by atoms with E-state index in [-0.39, 0.29) is 11.8 Å². The summed E-state index contributed by atoms with van der Waals surface area (Å²) in [7, 11) is 3.82. The molecule has 0 bridgehead atoms. The molecule has 0 saturated carbocycles. The standard InChI is InChI=1S/C25H27N5O2/c1-29(2)25-27-15-21(17-10-12-18(13-11-17)23(26)31)22(28-25)20-9-6-14-30(16-20)24(32)19-7-4-3-5-8-19/h3-5,7-8,10-13,15,20H,6,9,14,16H2,1-2H3,(H2,26,31)/t20-/m0/s1. The van der Waals surface area contributed by atoms with Crippen LogP contribution >= 0.6 is 0 Å². The number of rotatable bonds is 5. The van der Waals surface area contributed by atoms with E-state index >= 15 is 0 Å². The molecule has 1 aliphatic rings. The summed E-state index contributed by atoms with van der Waals surface area (Å²) in [4.78, 5) is 37.7. The maximum Gasteiger partial charge on any atom is 0.253 e. The molecule has 0 spiro atoms. The van der Waals surface area contributed by atoms with Gasteiger partial charge in [0.1, 0.15) is 0 Å². The molecule has 1 aliphatic heterocycles. The number of carbonyl (C=O) groups excluding carboxylic acids is 2. The van der Waals surface area contributed by atoms with Gasteiger partial charge in [-0.25, -0.2) is 9.97 Å². The molecule has 7 nitrogen and oxygen atoms in total. The van der Waals surface area contributed by atoms with Crippen molar-refractivity contribution in [3.63, 3.8) is 0 Å². The highest BCUT2D eigenvalue weighted by atomic mass is 16.2. The van der Waals surface area contributed by atoms with Gasteiger partial charge in [-0.1, -0.05) is 30.3 Å².